The molecular weight excluding hydrogens is 228 g/mol. The number of carbonyl (C=O) groups excluding carboxylic acids is 1. The highest BCUT2D eigenvalue weighted by atomic mass is 16.1. The summed E-state index contributed by atoms with van der Waals surface area (Å²) in [6, 6.07) is 0.303. The maximum atomic E-state index is 11.0. The summed E-state index contributed by atoms with van der Waals surface area (Å²) in [6.07, 6.45) is 3.73. The van der Waals surface area contributed by atoms with Crippen molar-refractivity contribution in [3.8, 4) is 0 Å². The van der Waals surface area contributed by atoms with Crippen molar-refractivity contribution < 1.29 is 4.79 Å². The molecule has 5 heteroatoms. The third-order valence-corrected chi connectivity index (χ3v) is 3.25. The fourth-order valence-corrected chi connectivity index (χ4v) is 2.35. The second kappa shape index (κ2) is 5.33. The average Bonchev–Trinajstić information content (AvgIpc) is 2.33. The first-order chi connectivity index (χ1) is 8.56. The van der Waals surface area contributed by atoms with E-state index < -0.39 is 0 Å². The molecule has 1 saturated heterocycles. The number of nitrogens with zero attached hydrogens (tertiary/aromatic N) is 3. The lowest BCUT2D eigenvalue weighted by Crippen LogP contribution is -2.44. The summed E-state index contributed by atoms with van der Waals surface area (Å²) in [5.74, 6) is 1.04. The molecule has 18 heavy (non-hydrogen) atoms. The van der Waals surface area contributed by atoms with Gasteiger partial charge < -0.3 is 10.2 Å². The highest BCUT2D eigenvalue weighted by Gasteiger charge is 2.21. The van der Waals surface area contributed by atoms with Gasteiger partial charge in [-0.1, -0.05) is 0 Å². The Morgan fingerprint density at radius 2 is 2.06 bits per heavy atom. The molecule has 98 valence electrons. The van der Waals surface area contributed by atoms with Gasteiger partial charge in [0.1, 0.15) is 5.82 Å². The summed E-state index contributed by atoms with van der Waals surface area (Å²) in [5, 5.41) is 2.98. The number of hydrogen-bond donors (Lipinski definition) is 1. The average molecular weight is 248 g/mol. The SMILES string of the molecule is CC(=O)NC1CCN(c2nc(C)cnc2C)CC1. The Morgan fingerprint density at radius 3 is 2.67 bits per heavy atom. The Labute approximate surface area is 108 Å². The van der Waals surface area contributed by atoms with Gasteiger partial charge in [-0.15, -0.1) is 0 Å². The van der Waals surface area contributed by atoms with Gasteiger partial charge >= 0.3 is 0 Å². The lowest BCUT2D eigenvalue weighted by molar-refractivity contribution is -0.119. The molecule has 1 aliphatic rings. The van der Waals surface area contributed by atoms with E-state index in [2.05, 4.69) is 20.2 Å². The Hall–Kier alpha value is -1.65. The number of aromatic nitrogens is 2. The second-order valence-corrected chi connectivity index (χ2v) is 4.88. The van der Waals surface area contributed by atoms with Crippen LogP contribution in [0.1, 0.15) is 31.2 Å². The van der Waals surface area contributed by atoms with Gasteiger partial charge in [-0.3, -0.25) is 9.78 Å². The molecule has 0 radical (unpaired) electrons. The van der Waals surface area contributed by atoms with Crippen molar-refractivity contribution >= 4 is 11.7 Å². The van der Waals surface area contributed by atoms with Crippen LogP contribution in [0.15, 0.2) is 6.20 Å². The van der Waals surface area contributed by atoms with Gasteiger partial charge in [0.2, 0.25) is 5.91 Å². The molecule has 0 bridgehead atoms. The Bertz CT molecular complexity index is 439. The molecule has 1 aliphatic heterocycles. The van der Waals surface area contributed by atoms with Crippen LogP contribution < -0.4 is 10.2 Å². The zero-order valence-electron chi connectivity index (χ0n) is 11.2. The van der Waals surface area contributed by atoms with Gasteiger partial charge in [-0.05, 0) is 26.7 Å². The number of piperidine rings is 1. The van der Waals surface area contributed by atoms with E-state index in [1.807, 2.05) is 13.8 Å². The van der Waals surface area contributed by atoms with Crippen LogP contribution in [0.5, 0.6) is 0 Å². The first-order valence-electron chi connectivity index (χ1n) is 6.38. The van der Waals surface area contributed by atoms with E-state index in [1.165, 1.54) is 0 Å². The normalized spacial score (nSPS) is 16.7. The van der Waals surface area contributed by atoms with Crippen molar-refractivity contribution in [3.05, 3.63) is 17.6 Å². The molecule has 1 aromatic heterocycles. The van der Waals surface area contributed by atoms with E-state index in [1.54, 1.807) is 13.1 Å². The summed E-state index contributed by atoms with van der Waals surface area (Å²) in [7, 11) is 0. The Balaban J connectivity index is 2.01. The van der Waals surface area contributed by atoms with E-state index in [4.69, 9.17) is 0 Å². The van der Waals surface area contributed by atoms with Crippen LogP contribution in [0.2, 0.25) is 0 Å². The minimum absolute atomic E-state index is 0.0555. The predicted octanol–water partition coefficient (Wildman–Crippen LogP) is 1.20. The molecular formula is C13H20N4O. The van der Waals surface area contributed by atoms with E-state index in [9.17, 15) is 4.79 Å². The monoisotopic (exact) mass is 248 g/mol. The number of carbonyl (C=O) groups is 1. The molecule has 1 aromatic rings. The number of rotatable bonds is 2. The number of aryl methyl sites for hydroxylation is 2. The maximum Gasteiger partial charge on any atom is 0.217 e. The predicted molar refractivity (Wildman–Crippen MR) is 70.6 cm³/mol. The molecule has 1 N–H and O–H groups in total. The molecule has 0 aromatic carbocycles. The topological polar surface area (TPSA) is 58.1 Å². The second-order valence-electron chi connectivity index (χ2n) is 4.88. The summed E-state index contributed by atoms with van der Waals surface area (Å²) in [6.45, 7) is 7.36. The van der Waals surface area contributed by atoms with E-state index in [0.29, 0.717) is 6.04 Å². The highest BCUT2D eigenvalue weighted by Crippen LogP contribution is 2.20. The van der Waals surface area contributed by atoms with Crippen LogP contribution in [0.25, 0.3) is 0 Å². The first-order valence-corrected chi connectivity index (χ1v) is 6.38. The van der Waals surface area contributed by atoms with E-state index in [-0.39, 0.29) is 5.91 Å². The zero-order chi connectivity index (χ0) is 13.1. The van der Waals surface area contributed by atoms with Crippen molar-refractivity contribution in [3.63, 3.8) is 0 Å². The quantitative estimate of drug-likeness (QED) is 0.854. The molecule has 1 fully saturated rings. The number of nitrogens with one attached hydrogen (secondary N) is 1. The molecule has 2 heterocycles. The smallest absolute Gasteiger partial charge is 0.217 e. The van der Waals surface area contributed by atoms with Gasteiger partial charge in [0.05, 0.1) is 11.4 Å². The summed E-state index contributed by atoms with van der Waals surface area (Å²) in [5.41, 5.74) is 1.91. The molecule has 2 rings (SSSR count). The summed E-state index contributed by atoms with van der Waals surface area (Å²) in [4.78, 5) is 22.2. The fraction of sp³-hybridized carbons (Fsp3) is 0.615. The lowest BCUT2D eigenvalue weighted by atomic mass is 10.0. The summed E-state index contributed by atoms with van der Waals surface area (Å²) >= 11 is 0. The van der Waals surface area contributed by atoms with Gasteiger partial charge in [-0.2, -0.15) is 0 Å². The Morgan fingerprint density at radius 1 is 1.39 bits per heavy atom. The number of hydrogen-bond acceptors (Lipinski definition) is 4. The largest absolute Gasteiger partial charge is 0.355 e. The minimum atomic E-state index is 0.0555. The van der Waals surface area contributed by atoms with Crippen LogP contribution >= 0.6 is 0 Å². The van der Waals surface area contributed by atoms with Gasteiger partial charge in [0, 0.05) is 32.3 Å². The third kappa shape index (κ3) is 2.97. The molecule has 0 atom stereocenters. The number of amides is 1. The van der Waals surface area contributed by atoms with Crippen molar-refractivity contribution in [1.29, 1.82) is 0 Å². The molecule has 0 aliphatic carbocycles. The van der Waals surface area contributed by atoms with Crippen molar-refractivity contribution in [1.82, 2.24) is 15.3 Å². The summed E-state index contributed by atoms with van der Waals surface area (Å²) < 4.78 is 0. The van der Waals surface area contributed by atoms with E-state index >= 15 is 0 Å². The third-order valence-electron chi connectivity index (χ3n) is 3.25. The van der Waals surface area contributed by atoms with Crippen molar-refractivity contribution in [2.24, 2.45) is 0 Å². The van der Waals surface area contributed by atoms with Crippen LogP contribution in [-0.2, 0) is 4.79 Å². The number of anilines is 1. The fourth-order valence-electron chi connectivity index (χ4n) is 2.35. The van der Waals surface area contributed by atoms with Gasteiger partial charge in [0.15, 0.2) is 0 Å². The van der Waals surface area contributed by atoms with Crippen molar-refractivity contribution in [2.45, 2.75) is 39.7 Å². The van der Waals surface area contributed by atoms with Crippen molar-refractivity contribution in [2.75, 3.05) is 18.0 Å². The zero-order valence-corrected chi connectivity index (χ0v) is 11.2. The lowest BCUT2D eigenvalue weighted by Gasteiger charge is -2.33. The van der Waals surface area contributed by atoms with Crippen LogP contribution in [0.4, 0.5) is 5.82 Å². The molecule has 5 nitrogen and oxygen atoms in total. The maximum absolute atomic E-state index is 11.0. The molecule has 0 saturated carbocycles. The van der Waals surface area contributed by atoms with Crippen LogP contribution in [0, 0.1) is 13.8 Å². The molecule has 0 spiro atoms. The highest BCUT2D eigenvalue weighted by molar-refractivity contribution is 5.73. The van der Waals surface area contributed by atoms with Gasteiger partial charge in [-0.25, -0.2) is 4.98 Å². The molecule has 0 unspecified atom stereocenters. The van der Waals surface area contributed by atoms with E-state index in [0.717, 1.165) is 43.1 Å². The Kier molecular flexibility index (Phi) is 3.79. The van der Waals surface area contributed by atoms with Crippen LogP contribution in [-0.4, -0.2) is 35.0 Å². The minimum Gasteiger partial charge on any atom is -0.355 e. The molecule has 1 amide bonds. The van der Waals surface area contributed by atoms with Crippen LogP contribution in [0.3, 0.4) is 0 Å². The van der Waals surface area contributed by atoms with Gasteiger partial charge in [0.25, 0.3) is 0 Å². The first kappa shape index (κ1) is 12.8. The standard InChI is InChI=1S/C13H20N4O/c1-9-8-14-10(2)13(15-9)17-6-4-12(5-7-17)16-11(3)18/h8,12H,4-7H2,1-3H3,(H,16,18).